The van der Waals surface area contributed by atoms with Gasteiger partial charge < -0.3 is 5.11 Å². The molecule has 0 fully saturated rings. The van der Waals surface area contributed by atoms with Gasteiger partial charge in [-0.1, -0.05) is 12.1 Å². The van der Waals surface area contributed by atoms with E-state index in [-0.39, 0.29) is 0 Å². The highest BCUT2D eigenvalue weighted by Crippen LogP contribution is 2.12. The molecular formula is C10H10N2O. The number of phenolic OH excluding ortho intramolecular Hbond substituents is 1. The molecule has 0 saturated carbocycles. The summed E-state index contributed by atoms with van der Waals surface area (Å²) >= 11 is 0. The summed E-state index contributed by atoms with van der Waals surface area (Å²) in [6.07, 6.45) is 4.51. The molecule has 0 aliphatic rings. The second-order valence-electron chi connectivity index (χ2n) is 2.95. The van der Waals surface area contributed by atoms with Crippen LogP contribution in [0.25, 0.3) is 0 Å². The van der Waals surface area contributed by atoms with Gasteiger partial charge >= 0.3 is 0 Å². The zero-order valence-electron chi connectivity index (χ0n) is 7.07. The van der Waals surface area contributed by atoms with Crippen LogP contribution >= 0.6 is 0 Å². The molecule has 0 amide bonds. The molecule has 3 heteroatoms. The third-order valence-corrected chi connectivity index (χ3v) is 1.90. The van der Waals surface area contributed by atoms with E-state index in [1.807, 2.05) is 18.3 Å². The quantitative estimate of drug-likeness (QED) is 0.728. The molecule has 0 saturated heterocycles. The van der Waals surface area contributed by atoms with Crippen LogP contribution in [0.1, 0.15) is 11.1 Å². The van der Waals surface area contributed by atoms with Gasteiger partial charge in [0, 0.05) is 12.6 Å². The number of hydrogen-bond donors (Lipinski definition) is 2. The van der Waals surface area contributed by atoms with E-state index in [4.69, 9.17) is 5.11 Å². The van der Waals surface area contributed by atoms with E-state index >= 15 is 0 Å². The summed E-state index contributed by atoms with van der Waals surface area (Å²) in [5.41, 5.74) is 2.31. The number of benzene rings is 1. The molecule has 2 aromatic rings. The molecule has 1 heterocycles. The van der Waals surface area contributed by atoms with Crippen molar-refractivity contribution in [3.63, 3.8) is 0 Å². The Morgan fingerprint density at radius 3 is 2.54 bits per heavy atom. The molecule has 1 aromatic heterocycles. The maximum Gasteiger partial charge on any atom is 0.115 e. The summed E-state index contributed by atoms with van der Waals surface area (Å²) < 4.78 is 0. The van der Waals surface area contributed by atoms with E-state index < -0.39 is 0 Å². The van der Waals surface area contributed by atoms with Gasteiger partial charge in [0.25, 0.3) is 0 Å². The fraction of sp³-hybridized carbons (Fsp3) is 0.100. The Bertz CT molecular complexity index is 364. The zero-order chi connectivity index (χ0) is 9.10. The molecule has 0 spiro atoms. The maximum atomic E-state index is 9.06. The van der Waals surface area contributed by atoms with E-state index in [0.717, 1.165) is 12.0 Å². The van der Waals surface area contributed by atoms with Gasteiger partial charge in [0.2, 0.25) is 0 Å². The van der Waals surface area contributed by atoms with Crippen LogP contribution in [0.2, 0.25) is 0 Å². The van der Waals surface area contributed by atoms with Crippen LogP contribution in [0.15, 0.2) is 36.7 Å². The Kier molecular flexibility index (Phi) is 2.00. The molecule has 3 nitrogen and oxygen atoms in total. The molecule has 0 radical (unpaired) electrons. The zero-order valence-corrected chi connectivity index (χ0v) is 7.07. The average Bonchev–Trinajstić information content (AvgIpc) is 2.62. The van der Waals surface area contributed by atoms with Gasteiger partial charge in [0.05, 0.1) is 6.20 Å². The number of nitrogens with one attached hydrogen (secondary N) is 1. The molecule has 2 N–H and O–H groups in total. The molecule has 0 aliphatic heterocycles. The lowest BCUT2D eigenvalue weighted by Crippen LogP contribution is -1.84. The SMILES string of the molecule is Oc1ccc(Cc2cn[nH]c2)cc1. The van der Waals surface area contributed by atoms with E-state index in [0.29, 0.717) is 5.75 Å². The van der Waals surface area contributed by atoms with E-state index in [2.05, 4.69) is 10.2 Å². The molecule has 2 rings (SSSR count). The summed E-state index contributed by atoms with van der Waals surface area (Å²) in [5, 5.41) is 15.7. The molecule has 0 unspecified atom stereocenters. The van der Waals surface area contributed by atoms with Crippen molar-refractivity contribution in [2.45, 2.75) is 6.42 Å². The minimum atomic E-state index is 0.302. The van der Waals surface area contributed by atoms with Crippen LogP contribution in [0.3, 0.4) is 0 Å². The largest absolute Gasteiger partial charge is 0.508 e. The van der Waals surface area contributed by atoms with Gasteiger partial charge in [-0.15, -0.1) is 0 Å². The summed E-state index contributed by atoms with van der Waals surface area (Å²) in [6, 6.07) is 7.19. The number of aromatic nitrogens is 2. The van der Waals surface area contributed by atoms with Crippen molar-refractivity contribution in [3.8, 4) is 5.75 Å². The number of aromatic amines is 1. The van der Waals surface area contributed by atoms with Gasteiger partial charge in [-0.05, 0) is 23.3 Å². The van der Waals surface area contributed by atoms with Crippen LogP contribution in [0, 0.1) is 0 Å². The lowest BCUT2D eigenvalue weighted by molar-refractivity contribution is 0.475. The number of H-pyrrole nitrogens is 1. The minimum absolute atomic E-state index is 0.302. The van der Waals surface area contributed by atoms with Gasteiger partial charge in [-0.2, -0.15) is 5.10 Å². The third-order valence-electron chi connectivity index (χ3n) is 1.90. The summed E-state index contributed by atoms with van der Waals surface area (Å²) in [7, 11) is 0. The Balaban J connectivity index is 2.15. The smallest absolute Gasteiger partial charge is 0.115 e. The van der Waals surface area contributed by atoms with Crippen LogP contribution in [0.5, 0.6) is 5.75 Å². The van der Waals surface area contributed by atoms with Gasteiger partial charge in [0.1, 0.15) is 5.75 Å². The van der Waals surface area contributed by atoms with Gasteiger partial charge in [0.15, 0.2) is 0 Å². The van der Waals surface area contributed by atoms with Gasteiger partial charge in [-0.3, -0.25) is 5.10 Å². The minimum Gasteiger partial charge on any atom is -0.508 e. The van der Waals surface area contributed by atoms with Crippen molar-refractivity contribution in [2.75, 3.05) is 0 Å². The first-order valence-electron chi connectivity index (χ1n) is 4.10. The molecule has 0 bridgehead atoms. The van der Waals surface area contributed by atoms with Crippen molar-refractivity contribution >= 4 is 0 Å². The molecule has 0 aliphatic carbocycles. The van der Waals surface area contributed by atoms with Crippen LogP contribution in [-0.2, 0) is 6.42 Å². The number of rotatable bonds is 2. The highest BCUT2D eigenvalue weighted by Gasteiger charge is 1.96. The Labute approximate surface area is 76.0 Å². The van der Waals surface area contributed by atoms with Crippen molar-refractivity contribution in [1.82, 2.24) is 10.2 Å². The van der Waals surface area contributed by atoms with Crippen molar-refractivity contribution < 1.29 is 5.11 Å². The van der Waals surface area contributed by atoms with E-state index in [1.165, 1.54) is 5.56 Å². The van der Waals surface area contributed by atoms with E-state index in [9.17, 15) is 0 Å². The first-order chi connectivity index (χ1) is 6.34. The fourth-order valence-electron chi connectivity index (χ4n) is 1.22. The summed E-state index contributed by atoms with van der Waals surface area (Å²) in [4.78, 5) is 0. The molecule has 66 valence electrons. The predicted molar refractivity (Wildman–Crippen MR) is 49.5 cm³/mol. The normalized spacial score (nSPS) is 10.2. The fourth-order valence-corrected chi connectivity index (χ4v) is 1.22. The molecular weight excluding hydrogens is 164 g/mol. The van der Waals surface area contributed by atoms with Crippen molar-refractivity contribution in [1.29, 1.82) is 0 Å². The second kappa shape index (κ2) is 3.31. The van der Waals surface area contributed by atoms with Crippen molar-refractivity contribution in [3.05, 3.63) is 47.8 Å². The monoisotopic (exact) mass is 174 g/mol. The summed E-state index contributed by atoms with van der Waals surface area (Å²) in [6.45, 7) is 0. The predicted octanol–water partition coefficient (Wildman–Crippen LogP) is 1.71. The first-order valence-corrected chi connectivity index (χ1v) is 4.10. The highest BCUT2D eigenvalue weighted by molar-refractivity contribution is 5.29. The third kappa shape index (κ3) is 1.87. The highest BCUT2D eigenvalue weighted by atomic mass is 16.3. The summed E-state index contributed by atoms with van der Waals surface area (Å²) in [5.74, 6) is 0.302. The molecule has 13 heavy (non-hydrogen) atoms. The average molecular weight is 174 g/mol. The maximum absolute atomic E-state index is 9.06. The van der Waals surface area contributed by atoms with Crippen molar-refractivity contribution in [2.24, 2.45) is 0 Å². The Hall–Kier alpha value is -1.77. The second-order valence-corrected chi connectivity index (χ2v) is 2.95. The number of nitrogens with zero attached hydrogens (tertiary/aromatic N) is 1. The lowest BCUT2D eigenvalue weighted by Gasteiger charge is -1.97. The number of phenols is 1. The number of aromatic hydroxyl groups is 1. The number of hydrogen-bond acceptors (Lipinski definition) is 2. The van der Waals surface area contributed by atoms with Crippen LogP contribution in [0.4, 0.5) is 0 Å². The van der Waals surface area contributed by atoms with Gasteiger partial charge in [-0.25, -0.2) is 0 Å². The van der Waals surface area contributed by atoms with Crippen LogP contribution in [-0.4, -0.2) is 15.3 Å². The Morgan fingerprint density at radius 1 is 1.15 bits per heavy atom. The first kappa shape index (κ1) is 7.86. The van der Waals surface area contributed by atoms with E-state index in [1.54, 1.807) is 18.3 Å². The standard InChI is InChI=1S/C10H10N2O/c13-10-3-1-8(2-4-10)5-9-6-11-12-7-9/h1-4,6-7,13H,5H2,(H,11,12). The topological polar surface area (TPSA) is 48.9 Å². The van der Waals surface area contributed by atoms with Crippen LogP contribution < -0.4 is 0 Å². The molecule has 1 aromatic carbocycles. The lowest BCUT2D eigenvalue weighted by atomic mass is 10.1. The molecule has 0 atom stereocenters. The Morgan fingerprint density at radius 2 is 1.92 bits per heavy atom.